The first-order chi connectivity index (χ1) is 20.0. The number of piperidine rings is 1. The fourth-order valence-electron chi connectivity index (χ4n) is 8.22. The molecule has 1 aromatic heterocycles. The van der Waals surface area contributed by atoms with Gasteiger partial charge in [0.1, 0.15) is 0 Å². The summed E-state index contributed by atoms with van der Waals surface area (Å²) in [6.07, 6.45) is 12.0. The van der Waals surface area contributed by atoms with E-state index < -0.39 is 0 Å². The van der Waals surface area contributed by atoms with Crippen molar-refractivity contribution in [3.63, 3.8) is 0 Å². The molecular formula is C34H34N4O3. The first-order valence-corrected chi connectivity index (χ1v) is 15.1. The number of anilines is 1. The normalized spacial score (nSPS) is 25.9. The van der Waals surface area contributed by atoms with E-state index in [-0.39, 0.29) is 30.2 Å². The number of nitrogens with one attached hydrogen (secondary N) is 1. The number of aromatic nitrogens is 1. The van der Waals surface area contributed by atoms with Gasteiger partial charge in [0.25, 0.3) is 11.8 Å². The van der Waals surface area contributed by atoms with Gasteiger partial charge in [-0.05, 0) is 85.1 Å². The maximum Gasteiger partial charge on any atom is 0.263 e. The minimum Gasteiger partial charge on any atom is -0.371 e. The number of benzene rings is 2. The Morgan fingerprint density at radius 2 is 1.83 bits per heavy atom. The molecule has 8 rings (SSSR count). The third kappa shape index (κ3) is 3.92. The molecule has 3 aliphatic carbocycles. The van der Waals surface area contributed by atoms with Gasteiger partial charge < -0.3 is 10.2 Å². The largest absolute Gasteiger partial charge is 0.371 e. The van der Waals surface area contributed by atoms with Gasteiger partial charge in [-0.1, -0.05) is 36.4 Å². The highest BCUT2D eigenvalue weighted by atomic mass is 16.2. The molecule has 3 atom stereocenters. The van der Waals surface area contributed by atoms with Crippen LogP contribution in [0.15, 0.2) is 66.9 Å². The molecule has 7 nitrogen and oxygen atoms in total. The van der Waals surface area contributed by atoms with Crippen molar-refractivity contribution in [2.45, 2.75) is 38.6 Å². The minimum atomic E-state index is -0.266. The van der Waals surface area contributed by atoms with Crippen LogP contribution in [0.1, 0.15) is 58.4 Å². The fraction of sp³-hybridized carbons (Fsp3) is 0.412. The lowest BCUT2D eigenvalue weighted by Gasteiger charge is -2.34. The van der Waals surface area contributed by atoms with Crippen LogP contribution in [0.3, 0.4) is 0 Å². The van der Waals surface area contributed by atoms with Crippen LogP contribution in [-0.4, -0.2) is 47.2 Å². The van der Waals surface area contributed by atoms with E-state index in [0.29, 0.717) is 41.5 Å². The van der Waals surface area contributed by atoms with E-state index in [9.17, 15) is 14.4 Å². The average Bonchev–Trinajstić information content (AvgIpc) is 3.62. The van der Waals surface area contributed by atoms with Crippen molar-refractivity contribution >= 4 is 34.3 Å². The van der Waals surface area contributed by atoms with Crippen molar-refractivity contribution in [3.8, 4) is 0 Å². The summed E-state index contributed by atoms with van der Waals surface area (Å²) in [5.74, 6) is 1.61. The Kier molecular flexibility index (Phi) is 5.60. The number of hydrogen-bond donors (Lipinski definition) is 1. The predicted octanol–water partition coefficient (Wildman–Crippen LogP) is 4.97. The van der Waals surface area contributed by atoms with Crippen LogP contribution in [0.2, 0.25) is 0 Å². The van der Waals surface area contributed by atoms with E-state index in [1.165, 1.54) is 24.2 Å². The second kappa shape index (κ2) is 9.26. The second-order valence-corrected chi connectivity index (χ2v) is 12.7. The van der Waals surface area contributed by atoms with Gasteiger partial charge in [-0.2, -0.15) is 0 Å². The molecule has 1 saturated heterocycles. The molecular weight excluding hydrogens is 512 g/mol. The number of amides is 3. The number of imide groups is 1. The van der Waals surface area contributed by atoms with Gasteiger partial charge >= 0.3 is 0 Å². The molecule has 3 amide bonds. The zero-order valence-corrected chi connectivity index (χ0v) is 23.1. The molecule has 3 fully saturated rings. The Bertz CT molecular complexity index is 1620. The van der Waals surface area contributed by atoms with E-state index in [1.807, 2.05) is 42.5 Å². The maximum absolute atomic E-state index is 13.6. The Morgan fingerprint density at radius 3 is 2.63 bits per heavy atom. The number of pyridine rings is 1. The van der Waals surface area contributed by atoms with E-state index in [1.54, 1.807) is 12.3 Å². The van der Waals surface area contributed by atoms with E-state index in [4.69, 9.17) is 0 Å². The van der Waals surface area contributed by atoms with Gasteiger partial charge in [0, 0.05) is 37.1 Å². The summed E-state index contributed by atoms with van der Waals surface area (Å²) >= 11 is 0. The van der Waals surface area contributed by atoms with Crippen molar-refractivity contribution in [1.82, 2.24) is 15.2 Å². The number of allylic oxidation sites excluding steroid dienone is 2. The maximum atomic E-state index is 13.6. The fourth-order valence-corrected chi connectivity index (χ4v) is 8.22. The van der Waals surface area contributed by atoms with Crippen molar-refractivity contribution in [2.24, 2.45) is 29.1 Å². The first kappa shape index (κ1) is 24.8. The van der Waals surface area contributed by atoms with E-state index in [0.717, 1.165) is 47.5 Å². The van der Waals surface area contributed by atoms with E-state index >= 15 is 0 Å². The third-order valence-electron chi connectivity index (χ3n) is 10.6. The number of rotatable bonds is 6. The standard InChI is InChI=1S/C34H34N4O3/c39-31(36-19-24-17-25-8-9-27(24)34(25)12-13-34)22-10-14-37(15-11-22)29-7-3-5-26-30(29)33(41)38(32(26)40)20-21-16-23-4-1-2-6-28(23)35-18-21/h1-9,16,18,22,24-25,27H,10-15,17,19-20H2,(H,36,39)/t24-,25-,27-/m1/s1. The summed E-state index contributed by atoms with van der Waals surface area (Å²) in [6, 6.07) is 15.3. The molecule has 2 aromatic carbocycles. The number of nitrogens with zero attached hydrogens (tertiary/aromatic N) is 3. The van der Waals surface area contributed by atoms with Crippen molar-refractivity contribution in [3.05, 3.63) is 83.6 Å². The molecule has 0 radical (unpaired) electrons. The molecule has 5 aliphatic rings. The molecule has 1 spiro atoms. The highest BCUT2D eigenvalue weighted by molar-refractivity contribution is 6.23. The van der Waals surface area contributed by atoms with Gasteiger partial charge in [0.2, 0.25) is 5.91 Å². The van der Waals surface area contributed by atoms with Gasteiger partial charge in [-0.25, -0.2) is 0 Å². The summed E-state index contributed by atoms with van der Waals surface area (Å²) in [5.41, 5.74) is 3.98. The molecule has 2 bridgehead atoms. The molecule has 1 N–H and O–H groups in total. The zero-order valence-electron chi connectivity index (χ0n) is 23.1. The second-order valence-electron chi connectivity index (χ2n) is 12.7. The number of para-hydroxylation sites is 1. The first-order valence-electron chi connectivity index (χ1n) is 15.1. The van der Waals surface area contributed by atoms with Crippen molar-refractivity contribution in [2.75, 3.05) is 24.5 Å². The van der Waals surface area contributed by atoms with Crippen LogP contribution >= 0.6 is 0 Å². The van der Waals surface area contributed by atoms with Crippen LogP contribution < -0.4 is 10.2 Å². The average molecular weight is 547 g/mol. The monoisotopic (exact) mass is 546 g/mol. The summed E-state index contributed by atoms with van der Waals surface area (Å²) in [4.78, 5) is 48.1. The van der Waals surface area contributed by atoms with Gasteiger partial charge in [-0.15, -0.1) is 0 Å². The number of carbonyl (C=O) groups is 3. The predicted molar refractivity (Wildman–Crippen MR) is 156 cm³/mol. The summed E-state index contributed by atoms with van der Waals surface area (Å²) < 4.78 is 0. The smallest absolute Gasteiger partial charge is 0.263 e. The van der Waals surface area contributed by atoms with Crippen LogP contribution in [0.4, 0.5) is 5.69 Å². The quantitative estimate of drug-likeness (QED) is 0.349. The minimum absolute atomic E-state index is 0.0127. The van der Waals surface area contributed by atoms with Crippen LogP contribution in [0, 0.1) is 29.1 Å². The van der Waals surface area contributed by atoms with Crippen molar-refractivity contribution < 1.29 is 14.4 Å². The Labute approximate surface area is 239 Å². The lowest BCUT2D eigenvalue weighted by molar-refractivity contribution is -0.125. The molecule has 3 aromatic rings. The molecule has 0 unspecified atom stereocenters. The summed E-state index contributed by atoms with van der Waals surface area (Å²) in [6.45, 7) is 2.35. The zero-order chi connectivity index (χ0) is 27.7. The number of fused-ring (bicyclic) bond motifs is 2. The summed E-state index contributed by atoms with van der Waals surface area (Å²) in [5, 5.41) is 4.27. The van der Waals surface area contributed by atoms with Gasteiger partial charge in [0.15, 0.2) is 0 Å². The topological polar surface area (TPSA) is 82.6 Å². The van der Waals surface area contributed by atoms with Crippen LogP contribution in [0.25, 0.3) is 10.9 Å². The lowest BCUT2D eigenvalue weighted by atomic mass is 9.88. The van der Waals surface area contributed by atoms with Crippen LogP contribution in [0.5, 0.6) is 0 Å². The molecule has 3 heterocycles. The van der Waals surface area contributed by atoms with Gasteiger partial charge in [0.05, 0.1) is 28.9 Å². The molecule has 41 heavy (non-hydrogen) atoms. The van der Waals surface area contributed by atoms with Gasteiger partial charge in [-0.3, -0.25) is 24.3 Å². The third-order valence-corrected chi connectivity index (χ3v) is 10.6. The number of hydrogen-bond acceptors (Lipinski definition) is 5. The Morgan fingerprint density at radius 1 is 1.00 bits per heavy atom. The Balaban J connectivity index is 0.920. The molecule has 208 valence electrons. The van der Waals surface area contributed by atoms with Crippen molar-refractivity contribution in [1.29, 1.82) is 0 Å². The molecule has 2 aliphatic heterocycles. The highest BCUT2D eigenvalue weighted by Crippen LogP contribution is 2.69. The highest BCUT2D eigenvalue weighted by Gasteiger charge is 2.62. The molecule has 2 saturated carbocycles. The van der Waals surface area contributed by atoms with E-state index in [2.05, 4.69) is 27.4 Å². The summed E-state index contributed by atoms with van der Waals surface area (Å²) in [7, 11) is 0. The number of carbonyl (C=O) groups excluding carboxylic acids is 3. The molecule has 7 heteroatoms. The Hall–Kier alpha value is -4.00. The van der Waals surface area contributed by atoms with Crippen LogP contribution in [-0.2, 0) is 11.3 Å². The SMILES string of the molecule is O=C(NC[C@H]1C[C@H]2C=C[C@H]1C21CC1)C1CCN(c2cccc3c2C(=O)N(Cc2cnc4ccccc4c2)C3=O)CC1. The lowest BCUT2D eigenvalue weighted by Crippen LogP contribution is -2.42.